The number of hydrogen-bond donors (Lipinski definition) is 4. The van der Waals surface area contributed by atoms with Crippen molar-refractivity contribution in [3.05, 3.63) is 23.8 Å². The number of phenolic OH excluding ortho intramolecular Hbond substituents is 2. The first kappa shape index (κ1) is 12.2. The minimum absolute atomic E-state index is 0.0722. The number of benzene rings is 1. The lowest BCUT2D eigenvalue weighted by Gasteiger charge is -2.11. The molecule has 0 atom stereocenters. The monoisotopic (exact) mass is 251 g/mol. The smallest absolute Gasteiger partial charge is 0.311 e. The molecule has 2 rings (SSSR count). The van der Waals surface area contributed by atoms with Crippen LogP contribution in [0.3, 0.4) is 0 Å². The molecule has 4 N–H and O–H groups in total. The molecule has 1 aromatic carbocycles. The number of hydrogen-bond acceptors (Lipinski definition) is 4. The second-order valence-electron chi connectivity index (χ2n) is 4.47. The largest absolute Gasteiger partial charge is 0.504 e. The van der Waals surface area contributed by atoms with Crippen LogP contribution in [-0.2, 0) is 4.79 Å². The molecule has 96 valence electrons. The highest BCUT2D eigenvalue weighted by Gasteiger charge is 2.50. The molecule has 1 aliphatic carbocycles. The maximum Gasteiger partial charge on any atom is 0.311 e. The van der Waals surface area contributed by atoms with Crippen molar-refractivity contribution in [2.24, 2.45) is 5.41 Å². The Morgan fingerprint density at radius 3 is 2.39 bits per heavy atom. The van der Waals surface area contributed by atoms with Crippen LogP contribution in [0, 0.1) is 5.41 Å². The summed E-state index contributed by atoms with van der Waals surface area (Å²) in [4.78, 5) is 22.6. The van der Waals surface area contributed by atoms with Gasteiger partial charge in [0.1, 0.15) is 0 Å². The Labute approximate surface area is 103 Å². The zero-order chi connectivity index (χ0) is 13.3. The van der Waals surface area contributed by atoms with E-state index >= 15 is 0 Å². The third-order valence-electron chi connectivity index (χ3n) is 3.13. The summed E-state index contributed by atoms with van der Waals surface area (Å²) < 4.78 is 0. The van der Waals surface area contributed by atoms with E-state index in [4.69, 9.17) is 10.2 Å². The van der Waals surface area contributed by atoms with Crippen LogP contribution in [0.2, 0.25) is 0 Å². The van der Waals surface area contributed by atoms with Crippen molar-refractivity contribution < 1.29 is 24.9 Å². The Balaban J connectivity index is 2.00. The standard InChI is InChI=1S/C12H13NO5/c14-8-2-1-7(5-9(8)15)10(16)13-6-12(3-4-12)11(17)18/h1-2,5,14-15H,3-4,6H2,(H,13,16)(H,17,18). The molecule has 1 saturated carbocycles. The van der Waals surface area contributed by atoms with Gasteiger partial charge in [0.15, 0.2) is 11.5 Å². The fourth-order valence-electron chi connectivity index (χ4n) is 1.63. The van der Waals surface area contributed by atoms with Crippen molar-refractivity contribution in [2.45, 2.75) is 12.8 Å². The SMILES string of the molecule is O=C(NCC1(C(=O)O)CC1)c1ccc(O)c(O)c1. The molecule has 0 aliphatic heterocycles. The first-order chi connectivity index (χ1) is 8.44. The maximum atomic E-state index is 11.7. The Hall–Kier alpha value is -2.24. The van der Waals surface area contributed by atoms with E-state index in [1.165, 1.54) is 12.1 Å². The molecule has 1 aliphatic rings. The number of amides is 1. The van der Waals surface area contributed by atoms with Crippen LogP contribution >= 0.6 is 0 Å². The van der Waals surface area contributed by atoms with Gasteiger partial charge in [-0.1, -0.05) is 0 Å². The van der Waals surface area contributed by atoms with Crippen molar-refractivity contribution in [3.63, 3.8) is 0 Å². The molecule has 1 aromatic rings. The Bertz CT molecular complexity index is 507. The van der Waals surface area contributed by atoms with Gasteiger partial charge >= 0.3 is 5.97 Å². The van der Waals surface area contributed by atoms with Crippen LogP contribution in [0.4, 0.5) is 0 Å². The lowest BCUT2D eigenvalue weighted by Crippen LogP contribution is -2.34. The van der Waals surface area contributed by atoms with Crippen molar-refractivity contribution in [1.82, 2.24) is 5.32 Å². The van der Waals surface area contributed by atoms with Crippen LogP contribution in [0.25, 0.3) is 0 Å². The van der Waals surface area contributed by atoms with Crippen LogP contribution < -0.4 is 5.32 Å². The van der Waals surface area contributed by atoms with E-state index in [1.807, 2.05) is 0 Å². The van der Waals surface area contributed by atoms with E-state index in [2.05, 4.69) is 5.32 Å². The summed E-state index contributed by atoms with van der Waals surface area (Å²) in [6.45, 7) is 0.0722. The van der Waals surface area contributed by atoms with Gasteiger partial charge in [-0.25, -0.2) is 0 Å². The number of aliphatic carboxylic acids is 1. The average molecular weight is 251 g/mol. The number of nitrogens with one attached hydrogen (secondary N) is 1. The average Bonchev–Trinajstić information content (AvgIpc) is 3.11. The third-order valence-corrected chi connectivity index (χ3v) is 3.13. The van der Waals surface area contributed by atoms with Crippen molar-refractivity contribution in [3.8, 4) is 11.5 Å². The van der Waals surface area contributed by atoms with E-state index in [1.54, 1.807) is 0 Å². The van der Waals surface area contributed by atoms with Gasteiger partial charge in [-0.3, -0.25) is 9.59 Å². The molecule has 0 heterocycles. The fraction of sp³-hybridized carbons (Fsp3) is 0.333. The first-order valence-electron chi connectivity index (χ1n) is 5.48. The number of carboxylic acids is 1. The molecule has 6 heteroatoms. The number of aromatic hydroxyl groups is 2. The highest BCUT2D eigenvalue weighted by Crippen LogP contribution is 2.45. The van der Waals surface area contributed by atoms with Crippen LogP contribution in [0.5, 0.6) is 11.5 Å². The van der Waals surface area contributed by atoms with Gasteiger partial charge in [-0.05, 0) is 31.0 Å². The number of rotatable bonds is 4. The summed E-state index contributed by atoms with van der Waals surface area (Å²) in [7, 11) is 0. The Kier molecular flexibility index (Phi) is 2.86. The second kappa shape index (κ2) is 4.21. The lowest BCUT2D eigenvalue weighted by atomic mass is 10.1. The van der Waals surface area contributed by atoms with E-state index in [0.29, 0.717) is 12.8 Å². The number of carbonyl (C=O) groups is 2. The van der Waals surface area contributed by atoms with Crippen LogP contribution in [-0.4, -0.2) is 33.7 Å². The van der Waals surface area contributed by atoms with Crippen molar-refractivity contribution in [2.75, 3.05) is 6.54 Å². The Morgan fingerprint density at radius 2 is 1.89 bits per heavy atom. The maximum absolute atomic E-state index is 11.7. The predicted octanol–water partition coefficient (Wildman–Crippen LogP) is 0.692. The molecule has 0 spiro atoms. The van der Waals surface area contributed by atoms with Gasteiger partial charge in [-0.15, -0.1) is 0 Å². The van der Waals surface area contributed by atoms with Gasteiger partial charge in [0, 0.05) is 12.1 Å². The van der Waals surface area contributed by atoms with E-state index in [9.17, 15) is 14.7 Å². The zero-order valence-corrected chi connectivity index (χ0v) is 9.51. The quantitative estimate of drug-likeness (QED) is 0.589. The summed E-state index contributed by atoms with van der Waals surface area (Å²) in [6.07, 6.45) is 1.12. The topological polar surface area (TPSA) is 107 Å². The number of phenols is 2. The van der Waals surface area contributed by atoms with Gasteiger partial charge in [0.05, 0.1) is 5.41 Å². The molecule has 0 aromatic heterocycles. The van der Waals surface area contributed by atoms with Gasteiger partial charge in [0.25, 0.3) is 5.91 Å². The number of carbonyl (C=O) groups excluding carboxylic acids is 1. The third kappa shape index (κ3) is 2.22. The molecule has 6 nitrogen and oxygen atoms in total. The lowest BCUT2D eigenvalue weighted by molar-refractivity contribution is -0.143. The second-order valence-corrected chi connectivity index (χ2v) is 4.47. The molecular weight excluding hydrogens is 238 g/mol. The normalized spacial score (nSPS) is 16.0. The highest BCUT2D eigenvalue weighted by atomic mass is 16.4. The minimum Gasteiger partial charge on any atom is -0.504 e. The van der Waals surface area contributed by atoms with Gasteiger partial charge in [0.2, 0.25) is 0 Å². The van der Waals surface area contributed by atoms with E-state index in [-0.39, 0.29) is 23.6 Å². The summed E-state index contributed by atoms with van der Waals surface area (Å²) in [5, 5.41) is 29.8. The summed E-state index contributed by atoms with van der Waals surface area (Å²) in [6, 6.07) is 3.68. The molecule has 0 radical (unpaired) electrons. The molecule has 1 amide bonds. The summed E-state index contributed by atoms with van der Waals surface area (Å²) >= 11 is 0. The fourth-order valence-corrected chi connectivity index (χ4v) is 1.63. The molecule has 1 fully saturated rings. The predicted molar refractivity (Wildman–Crippen MR) is 61.4 cm³/mol. The summed E-state index contributed by atoms with van der Waals surface area (Å²) in [5.74, 6) is -2.08. The molecule has 0 saturated heterocycles. The molecule has 18 heavy (non-hydrogen) atoms. The van der Waals surface area contributed by atoms with E-state index in [0.717, 1.165) is 6.07 Å². The van der Waals surface area contributed by atoms with Crippen LogP contribution in [0.1, 0.15) is 23.2 Å². The van der Waals surface area contributed by atoms with Crippen molar-refractivity contribution in [1.29, 1.82) is 0 Å². The van der Waals surface area contributed by atoms with E-state index < -0.39 is 17.3 Å². The Morgan fingerprint density at radius 1 is 1.22 bits per heavy atom. The molecular formula is C12H13NO5. The zero-order valence-electron chi connectivity index (χ0n) is 9.51. The van der Waals surface area contributed by atoms with Crippen molar-refractivity contribution >= 4 is 11.9 Å². The van der Waals surface area contributed by atoms with Gasteiger partial charge in [-0.2, -0.15) is 0 Å². The number of carboxylic acid groups (broad SMARTS) is 1. The van der Waals surface area contributed by atoms with Gasteiger partial charge < -0.3 is 20.6 Å². The minimum atomic E-state index is -0.906. The van der Waals surface area contributed by atoms with Crippen LogP contribution in [0.15, 0.2) is 18.2 Å². The summed E-state index contributed by atoms with van der Waals surface area (Å²) in [5.41, 5.74) is -0.652. The first-order valence-corrected chi connectivity index (χ1v) is 5.48. The highest BCUT2D eigenvalue weighted by molar-refractivity contribution is 5.95. The molecule has 0 bridgehead atoms. The molecule has 0 unspecified atom stereocenters.